The number of halogens is 2. The fourth-order valence-electron chi connectivity index (χ4n) is 0. The van der Waals surface area contributed by atoms with Crippen LogP contribution in [-0.2, 0) is 0 Å². The molecule has 0 aromatic heterocycles. The number of hydrogen-bond acceptors (Lipinski definition) is 0. The van der Waals surface area contributed by atoms with Crippen molar-refractivity contribution in [2.75, 3.05) is 0 Å². The molecule has 0 heterocycles. The van der Waals surface area contributed by atoms with Gasteiger partial charge in [0.1, 0.15) is 0 Å². The van der Waals surface area contributed by atoms with Crippen molar-refractivity contribution < 1.29 is 0 Å². The maximum absolute atomic E-state index is 0. The van der Waals surface area contributed by atoms with Gasteiger partial charge in [0.15, 0.2) is 0 Å². The first-order valence-electron chi connectivity index (χ1n) is 0. The quantitative estimate of drug-likeness (QED) is 0.380. The zero-order chi connectivity index (χ0) is 0. The van der Waals surface area contributed by atoms with Gasteiger partial charge in [-0.05, 0) is 0 Å². The van der Waals surface area contributed by atoms with Crippen LogP contribution in [0.25, 0.3) is 0 Å². The van der Waals surface area contributed by atoms with Crippen LogP contribution in [0.4, 0.5) is 0 Å². The van der Waals surface area contributed by atoms with E-state index in [0.717, 1.165) is 0 Å². The van der Waals surface area contributed by atoms with E-state index in [0.29, 0.717) is 0 Å². The molecule has 0 spiro atoms. The molecular formula is H4Cl2Na2. The molecule has 0 saturated carbocycles. The van der Waals surface area contributed by atoms with Crippen molar-refractivity contribution >= 4 is 83.9 Å². The molecule has 0 aliphatic carbocycles. The van der Waals surface area contributed by atoms with Crippen molar-refractivity contribution in [3.63, 3.8) is 0 Å². The van der Waals surface area contributed by atoms with Crippen molar-refractivity contribution in [3.8, 4) is 0 Å². The van der Waals surface area contributed by atoms with Crippen LogP contribution in [0.5, 0.6) is 0 Å². The molecule has 4 heteroatoms. The second-order valence-electron chi connectivity index (χ2n) is 0. The van der Waals surface area contributed by atoms with E-state index in [1.165, 1.54) is 0 Å². The Bertz CT molecular complexity index is 4.00. The van der Waals surface area contributed by atoms with E-state index in [2.05, 4.69) is 0 Å². The Balaban J connectivity index is 0. The molecule has 0 aromatic rings. The third-order valence-corrected chi connectivity index (χ3v) is 0. The van der Waals surface area contributed by atoms with E-state index in [1.54, 1.807) is 0 Å². The molecule has 0 saturated heterocycles. The molecule has 20 valence electrons. The Labute approximate surface area is 82.5 Å². The van der Waals surface area contributed by atoms with Crippen molar-refractivity contribution in [1.29, 1.82) is 0 Å². The van der Waals surface area contributed by atoms with Gasteiger partial charge < -0.3 is 0 Å². The summed E-state index contributed by atoms with van der Waals surface area (Å²) in [5.41, 5.74) is 0. The SMILES string of the molecule is Cl.Cl.[NaH].[NaH]. The van der Waals surface area contributed by atoms with Gasteiger partial charge in [-0.15, -0.1) is 24.8 Å². The van der Waals surface area contributed by atoms with Crippen LogP contribution in [-0.4, -0.2) is 59.1 Å². The molecule has 0 unspecified atom stereocenters. The van der Waals surface area contributed by atoms with Crippen LogP contribution in [0.15, 0.2) is 0 Å². The second-order valence-corrected chi connectivity index (χ2v) is 0. The Kier molecular flexibility index (Phi) is 135. The summed E-state index contributed by atoms with van der Waals surface area (Å²) in [5, 5.41) is 0. The van der Waals surface area contributed by atoms with Crippen LogP contribution in [0, 0.1) is 0 Å². The Morgan fingerprint density at radius 1 is 0.500 bits per heavy atom. The first kappa shape index (κ1) is 30.8. The average Bonchev–Trinajstić information content (AvgIpc) is 0. The summed E-state index contributed by atoms with van der Waals surface area (Å²) in [5.74, 6) is 0. The summed E-state index contributed by atoms with van der Waals surface area (Å²) in [7, 11) is 0. The van der Waals surface area contributed by atoms with E-state index in [9.17, 15) is 0 Å². The molecule has 0 fully saturated rings. The van der Waals surface area contributed by atoms with Gasteiger partial charge in [-0.3, -0.25) is 0 Å². The van der Waals surface area contributed by atoms with E-state index >= 15 is 0 Å². The van der Waals surface area contributed by atoms with Gasteiger partial charge in [0, 0.05) is 0 Å². The molecule has 0 bridgehead atoms. The van der Waals surface area contributed by atoms with Gasteiger partial charge in [-0.2, -0.15) is 0 Å². The summed E-state index contributed by atoms with van der Waals surface area (Å²) in [6, 6.07) is 0. The molecule has 0 aliphatic rings. The average molecular weight is 121 g/mol. The summed E-state index contributed by atoms with van der Waals surface area (Å²) >= 11 is 0. The normalized spacial score (nSPS) is 0. The van der Waals surface area contributed by atoms with Crippen LogP contribution in [0.1, 0.15) is 0 Å². The molecule has 0 atom stereocenters. The fourth-order valence-corrected chi connectivity index (χ4v) is 0. The predicted octanol–water partition coefficient (Wildman–Crippen LogP) is -0.453. The van der Waals surface area contributed by atoms with E-state index in [1.807, 2.05) is 0 Å². The monoisotopic (exact) mass is 120 g/mol. The fraction of sp³-hybridized carbons (Fsp3) is 0. The maximum atomic E-state index is 0. The topological polar surface area (TPSA) is 0 Å². The predicted molar refractivity (Wildman–Crippen MR) is 28.8 cm³/mol. The summed E-state index contributed by atoms with van der Waals surface area (Å²) in [4.78, 5) is 0. The minimum atomic E-state index is 0. The molecule has 0 N–H and O–H groups in total. The minimum absolute atomic E-state index is 0. The first-order chi connectivity index (χ1) is 0. The molecule has 0 rings (SSSR count). The van der Waals surface area contributed by atoms with Crippen molar-refractivity contribution in [2.45, 2.75) is 0 Å². The first-order valence-corrected chi connectivity index (χ1v) is 0. The van der Waals surface area contributed by atoms with Crippen LogP contribution in [0.2, 0.25) is 0 Å². The summed E-state index contributed by atoms with van der Waals surface area (Å²) in [6.45, 7) is 0. The van der Waals surface area contributed by atoms with Gasteiger partial charge in [-0.25, -0.2) is 0 Å². The van der Waals surface area contributed by atoms with Crippen LogP contribution in [0.3, 0.4) is 0 Å². The van der Waals surface area contributed by atoms with Crippen molar-refractivity contribution in [2.24, 2.45) is 0 Å². The van der Waals surface area contributed by atoms with E-state index < -0.39 is 0 Å². The zero-order valence-corrected chi connectivity index (χ0v) is 2.45. The molecule has 0 aliphatic heterocycles. The van der Waals surface area contributed by atoms with Gasteiger partial charge in [0.2, 0.25) is 0 Å². The summed E-state index contributed by atoms with van der Waals surface area (Å²) < 4.78 is 0. The Morgan fingerprint density at radius 3 is 0.500 bits per heavy atom. The molecule has 4 heavy (non-hydrogen) atoms. The molecule has 0 nitrogen and oxygen atoms in total. The third-order valence-electron chi connectivity index (χ3n) is 0. The van der Waals surface area contributed by atoms with Gasteiger partial charge in [0.25, 0.3) is 0 Å². The van der Waals surface area contributed by atoms with Gasteiger partial charge in [0.05, 0.1) is 0 Å². The Morgan fingerprint density at radius 2 is 0.500 bits per heavy atom. The molecular weight excluding hydrogens is 117 g/mol. The molecule has 0 radical (unpaired) electrons. The number of hydrogen-bond donors (Lipinski definition) is 0. The van der Waals surface area contributed by atoms with Crippen LogP contribution < -0.4 is 0 Å². The zero-order valence-electron chi connectivity index (χ0n) is 0.816. The Hall–Kier alpha value is 2.58. The van der Waals surface area contributed by atoms with E-state index in [-0.39, 0.29) is 83.9 Å². The number of rotatable bonds is 0. The van der Waals surface area contributed by atoms with E-state index in [4.69, 9.17) is 0 Å². The van der Waals surface area contributed by atoms with Gasteiger partial charge in [-0.1, -0.05) is 0 Å². The second kappa shape index (κ2) is 17.6. The molecule has 0 amide bonds. The van der Waals surface area contributed by atoms with Crippen LogP contribution >= 0.6 is 24.8 Å². The summed E-state index contributed by atoms with van der Waals surface area (Å²) in [6.07, 6.45) is 0. The van der Waals surface area contributed by atoms with Crippen molar-refractivity contribution in [1.82, 2.24) is 0 Å². The third kappa shape index (κ3) is 8.82. The molecule has 0 aromatic carbocycles. The van der Waals surface area contributed by atoms with Crippen molar-refractivity contribution in [3.05, 3.63) is 0 Å². The standard InChI is InChI=1S/2ClH.2Na.2H/h2*1H;;;;. The van der Waals surface area contributed by atoms with Gasteiger partial charge >= 0.3 is 59.1 Å².